The molecule has 2 rings (SSSR count). The average molecular weight is 332 g/mol. The van der Waals surface area contributed by atoms with E-state index in [4.69, 9.17) is 0 Å². The molecule has 0 aromatic heterocycles. The first-order valence-electron chi connectivity index (χ1n) is 9.26. The van der Waals surface area contributed by atoms with Crippen molar-refractivity contribution in [1.29, 1.82) is 0 Å². The van der Waals surface area contributed by atoms with Gasteiger partial charge in [0.1, 0.15) is 0 Å². The Morgan fingerprint density at radius 1 is 1.12 bits per heavy atom. The first kappa shape index (κ1) is 18.8. The van der Waals surface area contributed by atoms with Gasteiger partial charge in [-0.2, -0.15) is 0 Å². The molecule has 0 atom stereocenters. The molecule has 0 spiro atoms. The van der Waals surface area contributed by atoms with Crippen molar-refractivity contribution in [2.75, 3.05) is 32.7 Å². The number of nitrogens with zero attached hydrogens (tertiary/aromatic N) is 2. The number of urea groups is 1. The fraction of sp³-hybridized carbons (Fsp3) is 0.650. The molecular weight excluding hydrogens is 298 g/mol. The van der Waals surface area contributed by atoms with Crippen LogP contribution in [0.15, 0.2) is 30.3 Å². The molecule has 1 heterocycles. The summed E-state index contributed by atoms with van der Waals surface area (Å²) in [5.74, 6) is 1.33. The average Bonchev–Trinajstić information content (AvgIpc) is 2.45. The maximum atomic E-state index is 12.2. The van der Waals surface area contributed by atoms with Gasteiger partial charge in [-0.05, 0) is 23.8 Å². The van der Waals surface area contributed by atoms with E-state index in [1.165, 1.54) is 5.56 Å². The van der Waals surface area contributed by atoms with E-state index in [1.54, 1.807) is 0 Å². The van der Waals surface area contributed by atoms with E-state index in [-0.39, 0.29) is 6.03 Å². The third-order valence-corrected chi connectivity index (χ3v) is 4.40. The molecule has 1 fully saturated rings. The second kappa shape index (κ2) is 9.07. The normalized spacial score (nSPS) is 15.2. The van der Waals surface area contributed by atoms with Crippen molar-refractivity contribution in [3.63, 3.8) is 0 Å². The molecule has 0 bridgehead atoms. The Labute approximate surface area is 147 Å². The molecule has 1 saturated heterocycles. The molecule has 1 aromatic rings. The van der Waals surface area contributed by atoms with Crippen LogP contribution in [0.3, 0.4) is 0 Å². The number of hydrogen-bond donors (Lipinski definition) is 1. The van der Waals surface area contributed by atoms with E-state index in [2.05, 4.69) is 50.0 Å². The second-order valence-corrected chi connectivity index (χ2v) is 7.77. The molecule has 2 amide bonds. The SMILES string of the molecule is CC(C)CN(CC(C)C)C1CN(C(=O)NCCc2ccccc2)C1. The summed E-state index contributed by atoms with van der Waals surface area (Å²) in [7, 11) is 0. The summed E-state index contributed by atoms with van der Waals surface area (Å²) in [6, 6.07) is 10.9. The van der Waals surface area contributed by atoms with Gasteiger partial charge in [-0.3, -0.25) is 4.90 Å². The molecule has 1 N–H and O–H groups in total. The van der Waals surface area contributed by atoms with Gasteiger partial charge in [0.25, 0.3) is 0 Å². The van der Waals surface area contributed by atoms with E-state index in [0.29, 0.717) is 24.4 Å². The van der Waals surface area contributed by atoms with Crippen molar-refractivity contribution < 1.29 is 4.79 Å². The third kappa shape index (κ3) is 5.82. The Balaban J connectivity index is 1.70. The highest BCUT2D eigenvalue weighted by molar-refractivity contribution is 5.75. The standard InChI is InChI=1S/C20H33N3O/c1-16(2)12-22(13-17(3)4)19-14-23(15-19)20(24)21-11-10-18-8-6-5-7-9-18/h5-9,16-17,19H,10-15H2,1-4H3,(H,21,24). The third-order valence-electron chi connectivity index (χ3n) is 4.40. The van der Waals surface area contributed by atoms with Gasteiger partial charge in [0.2, 0.25) is 0 Å². The van der Waals surface area contributed by atoms with Crippen LogP contribution in [-0.4, -0.2) is 54.6 Å². The highest BCUT2D eigenvalue weighted by atomic mass is 16.2. The van der Waals surface area contributed by atoms with Crippen LogP contribution in [0.4, 0.5) is 4.79 Å². The molecule has 0 unspecified atom stereocenters. The number of likely N-dealkylation sites (tertiary alicyclic amines) is 1. The van der Waals surface area contributed by atoms with Gasteiger partial charge in [-0.15, -0.1) is 0 Å². The van der Waals surface area contributed by atoms with E-state index in [9.17, 15) is 4.79 Å². The van der Waals surface area contributed by atoms with Crippen LogP contribution in [0.25, 0.3) is 0 Å². The van der Waals surface area contributed by atoms with E-state index in [0.717, 1.165) is 32.6 Å². The van der Waals surface area contributed by atoms with Crippen LogP contribution < -0.4 is 5.32 Å². The number of benzene rings is 1. The fourth-order valence-corrected chi connectivity index (χ4v) is 3.23. The molecule has 0 saturated carbocycles. The minimum atomic E-state index is 0.0798. The minimum Gasteiger partial charge on any atom is -0.338 e. The summed E-state index contributed by atoms with van der Waals surface area (Å²) in [6.45, 7) is 13.7. The number of nitrogens with one attached hydrogen (secondary N) is 1. The highest BCUT2D eigenvalue weighted by Crippen LogP contribution is 2.18. The highest BCUT2D eigenvalue weighted by Gasteiger charge is 2.34. The summed E-state index contributed by atoms with van der Waals surface area (Å²) in [6.07, 6.45) is 0.886. The molecule has 0 radical (unpaired) electrons. The van der Waals surface area contributed by atoms with Crippen LogP contribution in [0.1, 0.15) is 33.3 Å². The van der Waals surface area contributed by atoms with Crippen molar-refractivity contribution >= 4 is 6.03 Å². The van der Waals surface area contributed by atoms with E-state index >= 15 is 0 Å². The number of hydrogen-bond acceptors (Lipinski definition) is 2. The van der Waals surface area contributed by atoms with E-state index < -0.39 is 0 Å². The van der Waals surface area contributed by atoms with Gasteiger partial charge < -0.3 is 10.2 Å². The first-order valence-corrected chi connectivity index (χ1v) is 9.26. The zero-order valence-corrected chi connectivity index (χ0v) is 15.7. The Kier molecular flexibility index (Phi) is 7.10. The van der Waals surface area contributed by atoms with Crippen LogP contribution in [0.2, 0.25) is 0 Å². The smallest absolute Gasteiger partial charge is 0.317 e. The fourth-order valence-electron chi connectivity index (χ4n) is 3.23. The van der Waals surface area contributed by atoms with Crippen molar-refractivity contribution in [3.8, 4) is 0 Å². The summed E-state index contributed by atoms with van der Waals surface area (Å²) in [4.78, 5) is 16.7. The van der Waals surface area contributed by atoms with Crippen LogP contribution >= 0.6 is 0 Å². The summed E-state index contributed by atoms with van der Waals surface area (Å²) in [5.41, 5.74) is 1.26. The Morgan fingerprint density at radius 3 is 2.25 bits per heavy atom. The Hall–Kier alpha value is -1.55. The molecular formula is C20H33N3O. The number of carbonyl (C=O) groups excluding carboxylic acids is 1. The van der Waals surface area contributed by atoms with Crippen LogP contribution in [-0.2, 0) is 6.42 Å². The summed E-state index contributed by atoms with van der Waals surface area (Å²) >= 11 is 0. The number of rotatable bonds is 8. The first-order chi connectivity index (χ1) is 11.5. The molecule has 1 aromatic carbocycles. The van der Waals surface area contributed by atoms with E-state index in [1.807, 2.05) is 23.1 Å². The second-order valence-electron chi connectivity index (χ2n) is 7.77. The minimum absolute atomic E-state index is 0.0798. The lowest BCUT2D eigenvalue weighted by Gasteiger charge is -2.46. The molecule has 1 aliphatic heterocycles. The molecule has 4 heteroatoms. The lowest BCUT2D eigenvalue weighted by molar-refractivity contribution is 0.0425. The maximum absolute atomic E-state index is 12.2. The van der Waals surface area contributed by atoms with Gasteiger partial charge >= 0.3 is 6.03 Å². The lowest BCUT2D eigenvalue weighted by atomic mass is 10.0. The van der Waals surface area contributed by atoms with Crippen molar-refractivity contribution in [2.45, 2.75) is 40.2 Å². The van der Waals surface area contributed by atoms with Crippen molar-refractivity contribution in [2.24, 2.45) is 11.8 Å². The summed E-state index contributed by atoms with van der Waals surface area (Å²) < 4.78 is 0. The van der Waals surface area contributed by atoms with Gasteiger partial charge in [0, 0.05) is 38.8 Å². The van der Waals surface area contributed by atoms with Crippen molar-refractivity contribution in [3.05, 3.63) is 35.9 Å². The van der Waals surface area contributed by atoms with Crippen LogP contribution in [0, 0.1) is 11.8 Å². The number of amides is 2. The largest absolute Gasteiger partial charge is 0.338 e. The van der Waals surface area contributed by atoms with Gasteiger partial charge in [0.15, 0.2) is 0 Å². The predicted molar refractivity (Wildman–Crippen MR) is 100 cm³/mol. The zero-order chi connectivity index (χ0) is 17.5. The Morgan fingerprint density at radius 2 is 1.71 bits per heavy atom. The number of carbonyl (C=O) groups is 1. The van der Waals surface area contributed by atoms with Gasteiger partial charge in [0.05, 0.1) is 0 Å². The molecule has 4 nitrogen and oxygen atoms in total. The van der Waals surface area contributed by atoms with Crippen molar-refractivity contribution in [1.82, 2.24) is 15.1 Å². The zero-order valence-electron chi connectivity index (χ0n) is 15.7. The Bertz CT molecular complexity index is 485. The van der Waals surface area contributed by atoms with Gasteiger partial charge in [-0.1, -0.05) is 58.0 Å². The molecule has 134 valence electrons. The van der Waals surface area contributed by atoms with Crippen LogP contribution in [0.5, 0.6) is 0 Å². The maximum Gasteiger partial charge on any atom is 0.317 e. The summed E-state index contributed by atoms with van der Waals surface area (Å²) in [5, 5.41) is 3.04. The molecule has 1 aliphatic rings. The lowest BCUT2D eigenvalue weighted by Crippen LogP contribution is -2.63. The predicted octanol–water partition coefficient (Wildman–Crippen LogP) is 3.24. The molecule has 0 aliphatic carbocycles. The van der Waals surface area contributed by atoms with Gasteiger partial charge in [-0.25, -0.2) is 4.79 Å². The quantitative estimate of drug-likeness (QED) is 0.794. The molecule has 24 heavy (non-hydrogen) atoms. The topological polar surface area (TPSA) is 35.6 Å². The monoisotopic (exact) mass is 331 g/mol.